The van der Waals surface area contributed by atoms with E-state index in [1.807, 2.05) is 0 Å². The van der Waals surface area contributed by atoms with Gasteiger partial charge in [0.2, 0.25) is 0 Å². The summed E-state index contributed by atoms with van der Waals surface area (Å²) in [5.41, 5.74) is 61.8. The molecule has 9 unspecified atom stereocenters. The highest BCUT2D eigenvalue weighted by Crippen LogP contribution is 2.42. The van der Waals surface area contributed by atoms with Crippen molar-refractivity contribution in [1.29, 1.82) is 0 Å². The first-order valence-electron chi connectivity index (χ1n) is 31.1. The first kappa shape index (κ1) is 91.5. The fraction of sp³-hybridized carbons (Fsp3) is 0.894. The number of rotatable bonds is 60. The molecule has 0 amide bonds. The van der Waals surface area contributed by atoms with Gasteiger partial charge < -0.3 is 147 Å². The summed E-state index contributed by atoms with van der Waals surface area (Å²) in [6, 6.07) is -1.55. The molecule has 36 nitrogen and oxygen atoms in total. The molecule has 0 spiro atoms. The van der Waals surface area contributed by atoms with Crippen LogP contribution in [-0.4, -0.2) is 233 Å². The van der Waals surface area contributed by atoms with Gasteiger partial charge in [0.15, 0.2) is 0 Å². The Balaban J connectivity index is 9.63. The predicted octanol–water partition coefficient (Wildman–Crippen LogP) is -0.647. The molecule has 550 valence electrons. The lowest BCUT2D eigenvalue weighted by molar-refractivity contribution is -0.138. The van der Waals surface area contributed by atoms with Crippen molar-refractivity contribution in [3.8, 4) is 0 Å². The zero-order valence-corrected chi connectivity index (χ0v) is 67.1. The summed E-state index contributed by atoms with van der Waals surface area (Å²) < 4.78 is 139. The minimum atomic E-state index is -5.12. The normalized spacial score (nSPS) is 18.0. The number of hydrogen-bond acceptors (Lipinski definition) is 36. The molecule has 20 N–H and O–H groups in total. The first-order valence-corrected chi connectivity index (χ1v) is 50.5. The van der Waals surface area contributed by atoms with E-state index in [1.54, 1.807) is 0 Å². The second kappa shape index (κ2) is 46.8. The van der Waals surface area contributed by atoms with Crippen molar-refractivity contribution < 1.29 is 114 Å². The topological polar surface area (TPSA) is 539 Å². The molecule has 93 heavy (non-hydrogen) atoms. The largest absolute Gasteiger partial charge is 0.560 e. The van der Waals surface area contributed by atoms with Crippen LogP contribution in [0.2, 0.25) is 60.4 Å². The fourth-order valence-electron chi connectivity index (χ4n) is 9.24. The highest BCUT2D eigenvalue weighted by atomic mass is 28.6. The molecular weight excluding hydrogens is 1400 g/mol. The number of hydrogen-bond donors (Lipinski definition) is 10. The van der Waals surface area contributed by atoms with Gasteiger partial charge >= 0.3 is 88.0 Å². The molecule has 0 aliphatic heterocycles. The Labute approximate surface area is 561 Å². The molecule has 0 saturated carbocycles. The SMILES string of the molecule is CO[Si](CCCN)(OC)O[Si](CCCN)(OC(C)=O)O[Si](CCCN)(OC)O[Si](CCCN)(OC(C)=O)O[Si](CCCN)(OC)O[Si](CCCN)(OC(C)=O)O[Si](CCCN)(OC)O[Si](CCCN)(OC(C)=O)O[Si](CCCN)(OC)O[Si](CCCN)(OC)OC(C)=O. The van der Waals surface area contributed by atoms with Crippen molar-refractivity contribution in [3.63, 3.8) is 0 Å². The average Bonchev–Trinajstić information content (AvgIpc) is 0.768. The van der Waals surface area contributed by atoms with Crippen LogP contribution in [0.1, 0.15) is 98.8 Å². The molecule has 9 atom stereocenters. The van der Waals surface area contributed by atoms with Crippen molar-refractivity contribution in [1.82, 2.24) is 0 Å². The van der Waals surface area contributed by atoms with Gasteiger partial charge in [0.25, 0.3) is 29.8 Å². The van der Waals surface area contributed by atoms with Gasteiger partial charge in [-0.15, -0.1) is 0 Å². The lowest BCUT2D eigenvalue weighted by atomic mass is 10.5. The van der Waals surface area contributed by atoms with Crippen LogP contribution in [0, 0.1) is 0 Å². The molecule has 0 fully saturated rings. The van der Waals surface area contributed by atoms with Gasteiger partial charge in [-0.05, 0) is 130 Å². The van der Waals surface area contributed by atoms with E-state index in [1.165, 1.54) is 56.7 Å². The molecule has 0 aromatic carbocycles. The molecule has 0 aromatic heterocycles. The molecular formula is C47H116N10O26Si10. The van der Waals surface area contributed by atoms with Gasteiger partial charge in [-0.2, -0.15) is 0 Å². The van der Waals surface area contributed by atoms with Crippen LogP contribution in [0.4, 0.5) is 0 Å². The van der Waals surface area contributed by atoms with Crippen LogP contribution < -0.4 is 57.3 Å². The van der Waals surface area contributed by atoms with Gasteiger partial charge in [0.05, 0.1) is 0 Å². The monoisotopic (exact) mass is 1520 g/mol. The molecule has 0 saturated heterocycles. The maximum Gasteiger partial charge on any atom is 0.560 e. The Morgan fingerprint density at radius 2 is 0.323 bits per heavy atom. The Kier molecular flexibility index (Phi) is 46.0. The quantitative estimate of drug-likeness (QED) is 0.0338. The van der Waals surface area contributed by atoms with Crippen molar-refractivity contribution in [2.45, 2.75) is 159 Å². The zero-order chi connectivity index (χ0) is 70.9. The molecule has 46 heteroatoms. The van der Waals surface area contributed by atoms with Crippen LogP contribution in [0.25, 0.3) is 0 Å². The zero-order valence-electron chi connectivity index (χ0n) is 57.1. The van der Waals surface area contributed by atoms with Gasteiger partial charge in [0.1, 0.15) is 0 Å². The third kappa shape index (κ3) is 32.1. The minimum absolute atomic E-state index is 0.00677. The van der Waals surface area contributed by atoms with E-state index < -0.39 is 118 Å². The summed E-state index contributed by atoms with van der Waals surface area (Å²) in [5, 5.41) is 0. The smallest absolute Gasteiger partial charge is 0.474 e. The summed E-state index contributed by atoms with van der Waals surface area (Å²) in [7, 11) is -37.8. The second-order valence-corrected chi connectivity index (χ2v) is 51.0. The number of carbonyl (C=O) groups is 5. The molecule has 0 radical (unpaired) electrons. The summed E-state index contributed by atoms with van der Waals surface area (Å²) in [6.07, 6.45) is 1.33. The molecule has 0 aromatic rings. The maximum atomic E-state index is 14.0. The summed E-state index contributed by atoms with van der Waals surface area (Å²) in [4.78, 5) is 68.1. The number of nitrogens with two attached hydrogens (primary N) is 10. The van der Waals surface area contributed by atoms with Crippen LogP contribution in [0.15, 0.2) is 0 Å². The maximum absolute atomic E-state index is 14.0. The Morgan fingerprint density at radius 3 is 0.473 bits per heavy atom. The highest BCUT2D eigenvalue weighted by molar-refractivity contribution is 6.90. The Bertz CT molecular complexity index is 2150. The van der Waals surface area contributed by atoms with E-state index in [9.17, 15) is 24.0 Å². The van der Waals surface area contributed by atoms with Crippen molar-refractivity contribution in [3.05, 3.63) is 0 Å². The van der Waals surface area contributed by atoms with Crippen molar-refractivity contribution >= 4 is 118 Å². The predicted molar refractivity (Wildman–Crippen MR) is 360 cm³/mol. The van der Waals surface area contributed by atoms with Gasteiger partial charge in [0, 0.05) is 145 Å². The third-order valence-electron chi connectivity index (χ3n) is 13.3. The van der Waals surface area contributed by atoms with Gasteiger partial charge in [-0.1, -0.05) is 0 Å². The van der Waals surface area contributed by atoms with Crippen LogP contribution >= 0.6 is 0 Å². The van der Waals surface area contributed by atoms with Crippen LogP contribution in [-0.2, 0) is 114 Å². The van der Waals surface area contributed by atoms with E-state index >= 15 is 0 Å². The molecule has 0 bridgehead atoms. The van der Waals surface area contributed by atoms with Crippen molar-refractivity contribution in [2.75, 3.05) is 115 Å². The van der Waals surface area contributed by atoms with E-state index in [0.717, 1.165) is 27.7 Å². The number of carbonyl (C=O) groups excluding carboxylic acids is 5. The third-order valence-corrected chi connectivity index (χ3v) is 52.7. The van der Waals surface area contributed by atoms with Crippen molar-refractivity contribution in [2.24, 2.45) is 57.3 Å². The molecule has 0 aliphatic carbocycles. The van der Waals surface area contributed by atoms with Gasteiger partial charge in [-0.3, -0.25) is 24.0 Å². The molecule has 0 aliphatic rings. The van der Waals surface area contributed by atoms with Gasteiger partial charge in [-0.25, -0.2) is 0 Å². The van der Waals surface area contributed by atoms with E-state index in [-0.39, 0.29) is 184 Å². The molecule has 0 heterocycles. The fourth-order valence-corrected chi connectivity index (χ4v) is 53.9. The molecule has 0 rings (SSSR count). The van der Waals surface area contributed by atoms with Crippen LogP contribution in [0.3, 0.4) is 0 Å². The summed E-state index contributed by atoms with van der Waals surface area (Å²) in [5.74, 6) is -4.36. The average molecular weight is 1520 g/mol. The summed E-state index contributed by atoms with van der Waals surface area (Å²) in [6.45, 7) is 6.04. The first-order chi connectivity index (χ1) is 44.0. The van der Waals surface area contributed by atoms with E-state index in [0.29, 0.717) is 6.42 Å². The minimum Gasteiger partial charge on any atom is -0.474 e. The summed E-state index contributed by atoms with van der Waals surface area (Å²) >= 11 is 0. The Hall–Kier alpha value is -1.52. The second-order valence-electron chi connectivity index (χ2n) is 21.1. The standard InChI is InChI=1S/C47H116N10O26Si10/c1-43(58)70-85(65-8,34-14-24-49)76-86(66-9,35-15-25-50)77-91(40-20-30-55,72-45(3)60)80-88(68-11,37-17-27-52)81-93(42-22-32-57,74-47(5)62)83-89(69-12,38-18-28-53)82-92(41-21-31-56,73-46(4)61)79-87(67-10,36-16-26-51)78-90(39-19-29-54,71-44(2)59)75-84(63-6,64-7)33-13-23-48/h13-42,48-57H2,1-12H3. The van der Waals surface area contributed by atoms with Crippen LogP contribution in [0.5, 0.6) is 0 Å². The highest BCUT2D eigenvalue weighted by Gasteiger charge is 2.70. The van der Waals surface area contributed by atoms with E-state index in [2.05, 4.69) is 0 Å². The lowest BCUT2D eigenvalue weighted by Gasteiger charge is -2.47. The Morgan fingerprint density at radius 1 is 0.204 bits per heavy atom. The lowest BCUT2D eigenvalue weighted by Crippen LogP contribution is -2.72. The van der Waals surface area contributed by atoms with E-state index in [4.69, 9.17) is 147 Å².